The molecule has 1 heterocycles. The third kappa shape index (κ3) is 5.67. The first-order valence-corrected chi connectivity index (χ1v) is 7.09. The molecule has 0 N–H and O–H groups in total. The molecule has 1 rings (SSSR count). The number of halogens is 1. The highest BCUT2D eigenvalue weighted by atomic mass is 35.5. The molecule has 0 fully saturated rings. The lowest BCUT2D eigenvalue weighted by molar-refractivity contribution is 0.533. The molecule has 0 aromatic carbocycles. The maximum atomic E-state index is 5.94. The van der Waals surface area contributed by atoms with E-state index in [9.17, 15) is 0 Å². The van der Waals surface area contributed by atoms with Crippen LogP contribution in [0.25, 0.3) is 0 Å². The first kappa shape index (κ1) is 15.2. The van der Waals surface area contributed by atoms with Crippen LogP contribution in [0.3, 0.4) is 0 Å². The van der Waals surface area contributed by atoms with Crippen molar-refractivity contribution in [1.82, 2.24) is 9.97 Å². The Kier molecular flexibility index (Phi) is 6.41. The molecule has 0 saturated heterocycles. The summed E-state index contributed by atoms with van der Waals surface area (Å²) >= 11 is 5.94. The Bertz CT molecular complexity index is 341. The smallest absolute Gasteiger partial charge is 0.134 e. The lowest BCUT2D eigenvalue weighted by atomic mass is 10.1. The van der Waals surface area contributed by atoms with Crippen molar-refractivity contribution < 1.29 is 0 Å². The highest BCUT2D eigenvalue weighted by molar-refractivity contribution is 6.29. The molecule has 0 atom stereocenters. The van der Waals surface area contributed by atoms with Gasteiger partial charge in [0, 0.05) is 19.2 Å². The molecule has 102 valence electrons. The van der Waals surface area contributed by atoms with E-state index in [4.69, 9.17) is 11.6 Å². The summed E-state index contributed by atoms with van der Waals surface area (Å²) in [6, 6.07) is 1.85. The average Bonchev–Trinajstić information content (AvgIpc) is 2.28. The first-order chi connectivity index (χ1) is 8.49. The van der Waals surface area contributed by atoms with E-state index in [0.29, 0.717) is 17.0 Å². The fraction of sp³-hybridized carbons (Fsp3) is 0.714. The van der Waals surface area contributed by atoms with E-state index in [-0.39, 0.29) is 0 Å². The van der Waals surface area contributed by atoms with Crippen molar-refractivity contribution in [2.45, 2.75) is 40.5 Å². The monoisotopic (exact) mass is 269 g/mol. The number of aromatic nitrogens is 2. The van der Waals surface area contributed by atoms with Crippen LogP contribution in [0.1, 0.15) is 40.5 Å². The average molecular weight is 270 g/mol. The van der Waals surface area contributed by atoms with Crippen LogP contribution in [0.2, 0.25) is 5.15 Å². The highest BCUT2D eigenvalue weighted by Gasteiger charge is 2.10. The van der Waals surface area contributed by atoms with Gasteiger partial charge in [0.05, 0.1) is 0 Å². The molecular formula is C14H24ClN3. The normalized spacial score (nSPS) is 11.3. The van der Waals surface area contributed by atoms with Gasteiger partial charge in [-0.15, -0.1) is 0 Å². The summed E-state index contributed by atoms with van der Waals surface area (Å²) in [7, 11) is 0. The molecule has 0 unspecified atom stereocenters. The zero-order valence-electron chi connectivity index (χ0n) is 11.9. The van der Waals surface area contributed by atoms with Gasteiger partial charge in [-0.25, -0.2) is 9.97 Å². The minimum absolute atomic E-state index is 0.513. The largest absolute Gasteiger partial charge is 0.356 e. The third-order valence-corrected chi connectivity index (χ3v) is 3.10. The lowest BCUT2D eigenvalue weighted by Gasteiger charge is -2.25. The Morgan fingerprint density at radius 3 is 2.06 bits per heavy atom. The summed E-state index contributed by atoms with van der Waals surface area (Å²) in [5.41, 5.74) is 0. The van der Waals surface area contributed by atoms with Crippen LogP contribution in [-0.4, -0.2) is 23.1 Å². The van der Waals surface area contributed by atoms with Crippen molar-refractivity contribution >= 4 is 17.4 Å². The summed E-state index contributed by atoms with van der Waals surface area (Å²) in [6.45, 7) is 11.0. The minimum Gasteiger partial charge on any atom is -0.356 e. The van der Waals surface area contributed by atoms with E-state index in [1.807, 2.05) is 6.07 Å². The Balaban J connectivity index is 2.69. The zero-order valence-corrected chi connectivity index (χ0v) is 12.6. The molecule has 0 spiro atoms. The molecule has 4 heteroatoms. The Labute approximate surface area is 116 Å². The Morgan fingerprint density at radius 1 is 1.06 bits per heavy atom. The molecule has 0 radical (unpaired) electrons. The van der Waals surface area contributed by atoms with Crippen molar-refractivity contribution in [2.24, 2.45) is 11.8 Å². The van der Waals surface area contributed by atoms with Gasteiger partial charge in [-0.2, -0.15) is 0 Å². The van der Waals surface area contributed by atoms with Gasteiger partial charge in [-0.3, -0.25) is 0 Å². The molecule has 3 nitrogen and oxygen atoms in total. The second-order valence-electron chi connectivity index (χ2n) is 5.55. The number of nitrogens with zero attached hydrogens (tertiary/aromatic N) is 3. The van der Waals surface area contributed by atoms with E-state index < -0.39 is 0 Å². The van der Waals surface area contributed by atoms with Crippen LogP contribution in [-0.2, 0) is 0 Å². The van der Waals surface area contributed by atoms with Gasteiger partial charge in [0.2, 0.25) is 0 Å². The molecule has 0 aliphatic rings. The highest BCUT2D eigenvalue weighted by Crippen LogP contribution is 2.17. The molecule has 0 aliphatic heterocycles. The summed E-state index contributed by atoms with van der Waals surface area (Å²) < 4.78 is 0. The van der Waals surface area contributed by atoms with E-state index >= 15 is 0 Å². The van der Waals surface area contributed by atoms with Gasteiger partial charge in [0.25, 0.3) is 0 Å². The molecule has 1 aromatic rings. The number of hydrogen-bond acceptors (Lipinski definition) is 3. The van der Waals surface area contributed by atoms with Crippen molar-refractivity contribution in [3.63, 3.8) is 0 Å². The maximum absolute atomic E-state index is 5.94. The summed E-state index contributed by atoms with van der Waals surface area (Å²) in [6.07, 6.45) is 3.87. The van der Waals surface area contributed by atoms with E-state index in [2.05, 4.69) is 42.6 Å². The van der Waals surface area contributed by atoms with Gasteiger partial charge >= 0.3 is 0 Å². The van der Waals surface area contributed by atoms with Gasteiger partial charge in [-0.05, 0) is 24.7 Å². The van der Waals surface area contributed by atoms with Gasteiger partial charge in [0.15, 0.2) is 0 Å². The molecule has 1 aromatic heterocycles. The van der Waals surface area contributed by atoms with Crippen LogP contribution in [0.15, 0.2) is 12.4 Å². The van der Waals surface area contributed by atoms with Crippen molar-refractivity contribution in [3.8, 4) is 0 Å². The fourth-order valence-electron chi connectivity index (χ4n) is 1.67. The van der Waals surface area contributed by atoms with Crippen LogP contribution < -0.4 is 4.90 Å². The lowest BCUT2D eigenvalue weighted by Crippen LogP contribution is -2.28. The van der Waals surface area contributed by atoms with E-state index in [0.717, 1.165) is 18.9 Å². The second-order valence-corrected chi connectivity index (χ2v) is 5.94. The fourth-order valence-corrected chi connectivity index (χ4v) is 1.81. The molecule has 0 saturated carbocycles. The molecular weight excluding hydrogens is 246 g/mol. The Hall–Kier alpha value is -0.830. The van der Waals surface area contributed by atoms with Crippen LogP contribution >= 0.6 is 11.6 Å². The Morgan fingerprint density at radius 2 is 1.61 bits per heavy atom. The first-order valence-electron chi connectivity index (χ1n) is 6.71. The molecule has 18 heavy (non-hydrogen) atoms. The number of rotatable bonds is 7. The van der Waals surface area contributed by atoms with Gasteiger partial charge in [-0.1, -0.05) is 39.3 Å². The SMILES string of the molecule is CC(C)CCN(CCC(C)C)c1cc(Cl)ncn1. The van der Waals surface area contributed by atoms with E-state index in [1.165, 1.54) is 19.2 Å². The second kappa shape index (κ2) is 7.57. The molecule has 0 amide bonds. The van der Waals surface area contributed by atoms with Crippen molar-refractivity contribution in [1.29, 1.82) is 0 Å². The van der Waals surface area contributed by atoms with Crippen molar-refractivity contribution in [2.75, 3.05) is 18.0 Å². The number of hydrogen-bond donors (Lipinski definition) is 0. The third-order valence-electron chi connectivity index (χ3n) is 2.90. The summed E-state index contributed by atoms with van der Waals surface area (Å²) in [5.74, 6) is 2.34. The zero-order chi connectivity index (χ0) is 13.5. The quantitative estimate of drug-likeness (QED) is 0.700. The number of anilines is 1. The van der Waals surface area contributed by atoms with Gasteiger partial charge < -0.3 is 4.90 Å². The topological polar surface area (TPSA) is 29.0 Å². The van der Waals surface area contributed by atoms with Crippen LogP contribution in [0, 0.1) is 11.8 Å². The van der Waals surface area contributed by atoms with E-state index in [1.54, 1.807) is 0 Å². The van der Waals surface area contributed by atoms with Gasteiger partial charge in [0.1, 0.15) is 17.3 Å². The standard InChI is InChI=1S/C14H24ClN3/c1-11(2)5-7-18(8-6-12(3)4)14-9-13(15)16-10-17-14/h9-12H,5-8H2,1-4H3. The summed E-state index contributed by atoms with van der Waals surface area (Å²) in [5, 5.41) is 0.513. The molecule has 0 aliphatic carbocycles. The maximum Gasteiger partial charge on any atom is 0.134 e. The summed E-state index contributed by atoms with van der Waals surface area (Å²) in [4.78, 5) is 10.6. The van der Waals surface area contributed by atoms with Crippen LogP contribution in [0.4, 0.5) is 5.82 Å². The minimum atomic E-state index is 0.513. The molecule has 0 bridgehead atoms. The van der Waals surface area contributed by atoms with Crippen LogP contribution in [0.5, 0.6) is 0 Å². The van der Waals surface area contributed by atoms with Crippen molar-refractivity contribution in [3.05, 3.63) is 17.5 Å². The predicted octanol–water partition coefficient (Wildman–Crippen LogP) is 4.03. The predicted molar refractivity (Wildman–Crippen MR) is 78.2 cm³/mol.